The Labute approximate surface area is 257 Å². The van der Waals surface area contributed by atoms with Crippen molar-refractivity contribution >= 4 is 23.4 Å². The van der Waals surface area contributed by atoms with Gasteiger partial charge >= 0.3 is 0 Å². The molecule has 7 nitrogen and oxygen atoms in total. The number of benzene rings is 3. The van der Waals surface area contributed by atoms with Gasteiger partial charge in [0, 0.05) is 30.6 Å². The number of para-hydroxylation sites is 1. The SMILES string of the molecule is CCc1cccc(CC)c1NC(=O)C[C@H](N)[C@H](Cc1ccccc1)NC(=O)C(NC(=O)CCCc1ccccc1)C(C)C. The van der Waals surface area contributed by atoms with E-state index in [1.807, 2.05) is 92.7 Å². The lowest BCUT2D eigenvalue weighted by Crippen LogP contribution is -2.57. The number of aryl methyl sites for hydroxylation is 3. The fourth-order valence-electron chi connectivity index (χ4n) is 5.28. The van der Waals surface area contributed by atoms with Crippen molar-refractivity contribution in [1.29, 1.82) is 0 Å². The first-order valence-corrected chi connectivity index (χ1v) is 15.6. The van der Waals surface area contributed by atoms with Crippen LogP contribution in [0.25, 0.3) is 0 Å². The van der Waals surface area contributed by atoms with Gasteiger partial charge in [-0.15, -0.1) is 0 Å². The molecule has 0 spiro atoms. The second kappa shape index (κ2) is 17.2. The summed E-state index contributed by atoms with van der Waals surface area (Å²) in [5, 5.41) is 9.12. The van der Waals surface area contributed by atoms with E-state index in [0.29, 0.717) is 19.3 Å². The molecule has 0 fully saturated rings. The summed E-state index contributed by atoms with van der Waals surface area (Å²) in [5.74, 6) is -0.780. The van der Waals surface area contributed by atoms with Crippen LogP contribution in [-0.2, 0) is 40.1 Å². The molecule has 7 heteroatoms. The van der Waals surface area contributed by atoms with E-state index >= 15 is 0 Å². The van der Waals surface area contributed by atoms with Gasteiger partial charge in [0.15, 0.2) is 0 Å². The number of nitrogens with two attached hydrogens (primary N) is 1. The third-order valence-corrected chi connectivity index (χ3v) is 7.81. The lowest BCUT2D eigenvalue weighted by atomic mass is 9.95. The van der Waals surface area contributed by atoms with Gasteiger partial charge in [-0.05, 0) is 60.3 Å². The normalized spacial score (nSPS) is 13.2. The van der Waals surface area contributed by atoms with Crippen LogP contribution in [0.3, 0.4) is 0 Å². The van der Waals surface area contributed by atoms with Gasteiger partial charge in [0.25, 0.3) is 0 Å². The molecule has 3 rings (SSSR count). The number of carbonyl (C=O) groups is 3. The molecule has 230 valence electrons. The van der Waals surface area contributed by atoms with Gasteiger partial charge < -0.3 is 21.7 Å². The van der Waals surface area contributed by atoms with E-state index in [9.17, 15) is 14.4 Å². The summed E-state index contributed by atoms with van der Waals surface area (Å²) in [4.78, 5) is 39.6. The molecule has 5 N–H and O–H groups in total. The summed E-state index contributed by atoms with van der Waals surface area (Å²) >= 11 is 0. The van der Waals surface area contributed by atoms with E-state index in [-0.39, 0.29) is 30.1 Å². The van der Waals surface area contributed by atoms with Crippen molar-refractivity contribution in [3.8, 4) is 0 Å². The monoisotopic (exact) mass is 584 g/mol. The van der Waals surface area contributed by atoms with Gasteiger partial charge in [0.2, 0.25) is 17.7 Å². The van der Waals surface area contributed by atoms with E-state index in [0.717, 1.165) is 41.6 Å². The van der Waals surface area contributed by atoms with Crippen LogP contribution < -0.4 is 21.7 Å². The summed E-state index contributed by atoms with van der Waals surface area (Å²) in [5.41, 5.74) is 11.8. The van der Waals surface area contributed by atoms with E-state index < -0.39 is 18.1 Å². The minimum atomic E-state index is -0.716. The van der Waals surface area contributed by atoms with E-state index in [1.54, 1.807) is 0 Å². The van der Waals surface area contributed by atoms with Gasteiger partial charge in [0.1, 0.15) is 6.04 Å². The van der Waals surface area contributed by atoms with Crippen LogP contribution in [0.4, 0.5) is 5.69 Å². The Bertz CT molecular complexity index is 1290. The summed E-state index contributed by atoms with van der Waals surface area (Å²) in [7, 11) is 0. The average molecular weight is 585 g/mol. The quantitative estimate of drug-likeness (QED) is 0.182. The molecule has 43 heavy (non-hydrogen) atoms. The Balaban J connectivity index is 1.68. The number of amides is 3. The van der Waals surface area contributed by atoms with Gasteiger partial charge in [-0.2, -0.15) is 0 Å². The highest BCUT2D eigenvalue weighted by Gasteiger charge is 2.29. The van der Waals surface area contributed by atoms with Crippen molar-refractivity contribution in [3.05, 3.63) is 101 Å². The van der Waals surface area contributed by atoms with Crippen LogP contribution in [0.5, 0.6) is 0 Å². The van der Waals surface area contributed by atoms with Gasteiger partial charge in [0.05, 0.1) is 0 Å². The maximum atomic E-state index is 13.6. The van der Waals surface area contributed by atoms with Crippen molar-refractivity contribution in [2.75, 3.05) is 5.32 Å². The maximum Gasteiger partial charge on any atom is 0.243 e. The van der Waals surface area contributed by atoms with Crippen LogP contribution >= 0.6 is 0 Å². The molecule has 0 aliphatic rings. The second-order valence-electron chi connectivity index (χ2n) is 11.5. The highest BCUT2D eigenvalue weighted by atomic mass is 16.2. The molecule has 3 atom stereocenters. The summed E-state index contributed by atoms with van der Waals surface area (Å²) in [6, 6.07) is 24.0. The Morgan fingerprint density at radius 1 is 0.744 bits per heavy atom. The molecule has 1 unspecified atom stereocenters. The van der Waals surface area contributed by atoms with Crippen LogP contribution in [0, 0.1) is 5.92 Å². The molecule has 3 amide bonds. The standard InChI is InChI=1S/C36H48N4O3/c1-5-28-20-14-21-29(6-2)35(28)40-33(42)24-30(37)31(23-27-17-11-8-12-18-27)38-36(43)34(25(3)4)39-32(41)22-13-19-26-15-9-7-10-16-26/h7-12,14-18,20-21,25,30-31,34H,5-6,13,19,22-24,37H2,1-4H3,(H,38,43)(H,39,41)(H,40,42)/t30-,31-,34?/m0/s1. The predicted octanol–water partition coefficient (Wildman–Crippen LogP) is 5.36. The number of anilines is 1. The number of carbonyl (C=O) groups excluding carboxylic acids is 3. The molecule has 0 aromatic heterocycles. The molecule has 0 radical (unpaired) electrons. The molecular weight excluding hydrogens is 536 g/mol. The zero-order valence-electron chi connectivity index (χ0n) is 26.1. The van der Waals surface area contributed by atoms with E-state index in [2.05, 4.69) is 29.8 Å². The Kier molecular flexibility index (Phi) is 13.4. The maximum absolute atomic E-state index is 13.6. The zero-order valence-corrected chi connectivity index (χ0v) is 26.1. The van der Waals surface area contributed by atoms with Gasteiger partial charge in [-0.25, -0.2) is 0 Å². The summed E-state index contributed by atoms with van der Waals surface area (Å²) < 4.78 is 0. The molecule has 3 aromatic rings. The molecule has 0 saturated heterocycles. The number of hydrogen-bond acceptors (Lipinski definition) is 4. The lowest BCUT2D eigenvalue weighted by Gasteiger charge is -2.29. The first-order valence-electron chi connectivity index (χ1n) is 15.6. The second-order valence-corrected chi connectivity index (χ2v) is 11.5. The lowest BCUT2D eigenvalue weighted by molar-refractivity contribution is -0.130. The summed E-state index contributed by atoms with van der Waals surface area (Å²) in [6.07, 6.45) is 3.93. The Morgan fingerprint density at radius 3 is 1.88 bits per heavy atom. The Morgan fingerprint density at radius 2 is 1.33 bits per heavy atom. The Hall–Kier alpha value is -3.97. The topological polar surface area (TPSA) is 113 Å². The van der Waals surface area contributed by atoms with Crippen LogP contribution in [0.2, 0.25) is 0 Å². The first-order chi connectivity index (χ1) is 20.7. The summed E-state index contributed by atoms with van der Waals surface area (Å²) in [6.45, 7) is 7.94. The van der Waals surface area contributed by atoms with Crippen molar-refractivity contribution < 1.29 is 14.4 Å². The van der Waals surface area contributed by atoms with Crippen molar-refractivity contribution in [1.82, 2.24) is 10.6 Å². The first kappa shape index (κ1) is 33.5. The van der Waals surface area contributed by atoms with E-state index in [4.69, 9.17) is 5.73 Å². The smallest absolute Gasteiger partial charge is 0.243 e. The minimum absolute atomic E-state index is 0.0389. The third-order valence-electron chi connectivity index (χ3n) is 7.81. The fraction of sp³-hybridized carbons (Fsp3) is 0.417. The number of nitrogens with one attached hydrogen (secondary N) is 3. The predicted molar refractivity (Wildman–Crippen MR) is 175 cm³/mol. The van der Waals surface area contributed by atoms with Crippen molar-refractivity contribution in [3.63, 3.8) is 0 Å². The highest BCUT2D eigenvalue weighted by molar-refractivity contribution is 5.93. The molecule has 3 aromatic carbocycles. The fourth-order valence-corrected chi connectivity index (χ4v) is 5.28. The average Bonchev–Trinajstić information content (AvgIpc) is 3.00. The van der Waals surface area contributed by atoms with E-state index in [1.165, 1.54) is 5.56 Å². The van der Waals surface area contributed by atoms with Crippen LogP contribution in [0.1, 0.15) is 69.2 Å². The molecule has 0 aliphatic heterocycles. The van der Waals surface area contributed by atoms with Crippen molar-refractivity contribution in [2.24, 2.45) is 11.7 Å². The molecular formula is C36H48N4O3. The molecule has 0 heterocycles. The molecule has 0 aliphatic carbocycles. The molecule has 0 saturated carbocycles. The zero-order chi connectivity index (χ0) is 31.2. The minimum Gasteiger partial charge on any atom is -0.350 e. The van der Waals surface area contributed by atoms with Crippen LogP contribution in [-0.4, -0.2) is 35.8 Å². The molecule has 0 bridgehead atoms. The number of rotatable bonds is 16. The van der Waals surface area contributed by atoms with Crippen LogP contribution in [0.15, 0.2) is 78.9 Å². The van der Waals surface area contributed by atoms with Gasteiger partial charge in [-0.3, -0.25) is 14.4 Å². The highest BCUT2D eigenvalue weighted by Crippen LogP contribution is 2.23. The largest absolute Gasteiger partial charge is 0.350 e. The third kappa shape index (κ3) is 10.7. The number of hydrogen-bond donors (Lipinski definition) is 4. The van der Waals surface area contributed by atoms with Crippen molar-refractivity contribution in [2.45, 2.75) is 90.8 Å². The van der Waals surface area contributed by atoms with Gasteiger partial charge in [-0.1, -0.05) is 107 Å².